The molecule has 0 bridgehead atoms. The Labute approximate surface area is 196 Å². The number of amides is 1. The average molecular weight is 464 g/mol. The number of hydrogen-bond donors (Lipinski definition) is 0. The van der Waals surface area contributed by atoms with E-state index in [1.165, 1.54) is 0 Å². The lowest BCUT2D eigenvalue weighted by atomic mass is 9.98. The van der Waals surface area contributed by atoms with Gasteiger partial charge in [0.2, 0.25) is 0 Å². The second-order valence-corrected chi connectivity index (χ2v) is 9.01. The van der Waals surface area contributed by atoms with Crippen molar-refractivity contribution in [2.24, 2.45) is 5.16 Å². The highest BCUT2D eigenvalue weighted by Gasteiger charge is 2.29. The first-order chi connectivity index (χ1) is 16.2. The van der Waals surface area contributed by atoms with Crippen LogP contribution in [0.2, 0.25) is 0 Å². The van der Waals surface area contributed by atoms with Crippen molar-refractivity contribution >= 4 is 23.1 Å². The van der Waals surface area contributed by atoms with E-state index in [0.717, 1.165) is 47.0 Å². The van der Waals surface area contributed by atoms with Crippen LogP contribution in [0, 0.1) is 0 Å². The molecule has 2 aliphatic rings. The number of likely N-dealkylation sites (tertiary alicyclic amines) is 1. The maximum absolute atomic E-state index is 12.5. The van der Waals surface area contributed by atoms with E-state index in [2.05, 4.69) is 22.7 Å². The SMILES string of the molecule is COc1ccc(OC(=O)N2CCC(c3nc(C4=NOC(c5ccccc5)C4)cs3)CC2)cc1. The molecule has 3 aromatic rings. The third kappa shape index (κ3) is 4.85. The lowest BCUT2D eigenvalue weighted by molar-refractivity contribution is 0.0857. The highest BCUT2D eigenvalue weighted by Crippen LogP contribution is 2.34. The number of hydrogen-bond acceptors (Lipinski definition) is 7. The normalized spacial score (nSPS) is 18.5. The Hall–Kier alpha value is -3.39. The zero-order chi connectivity index (χ0) is 22.6. The number of piperidine rings is 1. The van der Waals surface area contributed by atoms with Gasteiger partial charge in [-0.15, -0.1) is 11.3 Å². The first-order valence-electron chi connectivity index (χ1n) is 11.0. The molecule has 0 radical (unpaired) electrons. The van der Waals surface area contributed by atoms with Gasteiger partial charge in [0.05, 0.1) is 17.8 Å². The van der Waals surface area contributed by atoms with Crippen LogP contribution in [0.4, 0.5) is 4.79 Å². The molecule has 5 rings (SSSR count). The number of thiazole rings is 1. The van der Waals surface area contributed by atoms with Crippen LogP contribution >= 0.6 is 11.3 Å². The third-order valence-electron chi connectivity index (χ3n) is 6.02. The summed E-state index contributed by atoms with van der Waals surface area (Å²) < 4.78 is 10.6. The first-order valence-corrected chi connectivity index (χ1v) is 11.9. The number of rotatable bonds is 5. The molecule has 2 aromatic carbocycles. The van der Waals surface area contributed by atoms with E-state index in [4.69, 9.17) is 19.3 Å². The van der Waals surface area contributed by atoms with Crippen LogP contribution in [0.1, 0.15) is 47.5 Å². The van der Waals surface area contributed by atoms with Crippen molar-refractivity contribution in [3.8, 4) is 11.5 Å². The molecule has 0 N–H and O–H groups in total. The summed E-state index contributed by atoms with van der Waals surface area (Å²) in [6.07, 6.45) is 2.08. The Balaban J connectivity index is 1.14. The summed E-state index contributed by atoms with van der Waals surface area (Å²) in [7, 11) is 1.60. The number of benzene rings is 2. The maximum atomic E-state index is 12.5. The van der Waals surface area contributed by atoms with Crippen LogP contribution < -0.4 is 9.47 Å². The second-order valence-electron chi connectivity index (χ2n) is 8.12. The monoisotopic (exact) mass is 463 g/mol. The molecule has 3 heterocycles. The molecule has 2 aliphatic heterocycles. The van der Waals surface area contributed by atoms with Crippen molar-refractivity contribution in [3.05, 3.63) is 76.2 Å². The minimum absolute atomic E-state index is 0.0497. The summed E-state index contributed by atoms with van der Waals surface area (Å²) >= 11 is 1.66. The standard InChI is InChI=1S/C25H25N3O4S/c1-30-19-7-9-20(10-8-19)31-25(29)28-13-11-18(12-14-28)24-26-22(16-33-24)21-15-23(32-27-21)17-5-3-2-4-6-17/h2-10,16,18,23H,11-15H2,1H3. The summed E-state index contributed by atoms with van der Waals surface area (Å²) in [4.78, 5) is 24.8. The van der Waals surface area contributed by atoms with Gasteiger partial charge in [0.1, 0.15) is 17.2 Å². The van der Waals surface area contributed by atoms with Gasteiger partial charge in [-0.25, -0.2) is 9.78 Å². The maximum Gasteiger partial charge on any atom is 0.415 e. The molecule has 1 amide bonds. The number of methoxy groups -OCH3 is 1. The fraction of sp³-hybridized carbons (Fsp3) is 0.320. The summed E-state index contributed by atoms with van der Waals surface area (Å²) in [5.41, 5.74) is 2.92. The lowest BCUT2D eigenvalue weighted by Gasteiger charge is -2.30. The van der Waals surface area contributed by atoms with Crippen molar-refractivity contribution in [2.75, 3.05) is 20.2 Å². The summed E-state index contributed by atoms with van der Waals surface area (Å²) in [5, 5.41) is 7.45. The van der Waals surface area contributed by atoms with Crippen LogP contribution in [0.15, 0.2) is 65.1 Å². The lowest BCUT2D eigenvalue weighted by Crippen LogP contribution is -2.39. The fourth-order valence-electron chi connectivity index (χ4n) is 4.10. The van der Waals surface area contributed by atoms with E-state index < -0.39 is 0 Å². The van der Waals surface area contributed by atoms with Gasteiger partial charge in [0.15, 0.2) is 6.10 Å². The predicted octanol–water partition coefficient (Wildman–Crippen LogP) is 5.40. The van der Waals surface area contributed by atoms with Gasteiger partial charge in [-0.2, -0.15) is 0 Å². The Bertz CT molecular complexity index is 1120. The number of aromatic nitrogens is 1. The van der Waals surface area contributed by atoms with Gasteiger partial charge < -0.3 is 19.2 Å². The van der Waals surface area contributed by atoms with Gasteiger partial charge in [-0.3, -0.25) is 0 Å². The van der Waals surface area contributed by atoms with E-state index in [-0.39, 0.29) is 12.2 Å². The molecule has 0 spiro atoms. The van der Waals surface area contributed by atoms with Crippen LogP contribution in [0.5, 0.6) is 11.5 Å². The van der Waals surface area contributed by atoms with Crippen LogP contribution in [0.3, 0.4) is 0 Å². The molecule has 8 heteroatoms. The molecule has 1 unspecified atom stereocenters. The first kappa shape index (κ1) is 21.5. The quantitative estimate of drug-likeness (QED) is 0.507. The Morgan fingerprint density at radius 2 is 1.79 bits per heavy atom. The Morgan fingerprint density at radius 3 is 2.52 bits per heavy atom. The summed E-state index contributed by atoms with van der Waals surface area (Å²) in [5.74, 6) is 1.58. The van der Waals surface area contributed by atoms with E-state index in [1.807, 2.05) is 18.2 Å². The molecule has 0 saturated carbocycles. The molecule has 170 valence electrons. The van der Waals surface area contributed by atoms with Gasteiger partial charge >= 0.3 is 6.09 Å². The van der Waals surface area contributed by atoms with Crippen LogP contribution in [-0.4, -0.2) is 41.9 Å². The van der Waals surface area contributed by atoms with Crippen molar-refractivity contribution in [3.63, 3.8) is 0 Å². The molecule has 1 aromatic heterocycles. The molecule has 1 atom stereocenters. The highest BCUT2D eigenvalue weighted by atomic mass is 32.1. The topological polar surface area (TPSA) is 73.3 Å². The molecule has 1 fully saturated rings. The van der Waals surface area contributed by atoms with Crippen molar-refractivity contribution in [1.82, 2.24) is 9.88 Å². The Kier molecular flexibility index (Phi) is 6.26. The largest absolute Gasteiger partial charge is 0.497 e. The molecular weight excluding hydrogens is 438 g/mol. The van der Waals surface area contributed by atoms with Crippen LogP contribution in [0.25, 0.3) is 0 Å². The molecule has 33 heavy (non-hydrogen) atoms. The van der Waals surface area contributed by atoms with Crippen molar-refractivity contribution in [2.45, 2.75) is 31.3 Å². The van der Waals surface area contributed by atoms with Gasteiger partial charge in [-0.05, 0) is 42.7 Å². The van der Waals surface area contributed by atoms with E-state index in [9.17, 15) is 4.79 Å². The molecule has 1 saturated heterocycles. The number of carbonyl (C=O) groups excluding carboxylic acids is 1. The molecular formula is C25H25N3O4S. The Morgan fingerprint density at radius 1 is 1.06 bits per heavy atom. The number of carbonyl (C=O) groups is 1. The van der Waals surface area contributed by atoms with E-state index in [1.54, 1.807) is 47.6 Å². The fourth-order valence-corrected chi connectivity index (χ4v) is 5.10. The second kappa shape index (κ2) is 9.62. The zero-order valence-corrected chi connectivity index (χ0v) is 19.2. The summed E-state index contributed by atoms with van der Waals surface area (Å²) in [6, 6.07) is 17.2. The summed E-state index contributed by atoms with van der Waals surface area (Å²) in [6.45, 7) is 1.30. The highest BCUT2D eigenvalue weighted by molar-refractivity contribution is 7.10. The van der Waals surface area contributed by atoms with Crippen molar-refractivity contribution in [1.29, 1.82) is 0 Å². The predicted molar refractivity (Wildman–Crippen MR) is 126 cm³/mol. The van der Waals surface area contributed by atoms with Gasteiger partial charge in [0.25, 0.3) is 0 Å². The minimum atomic E-state index is -0.317. The van der Waals surface area contributed by atoms with Crippen molar-refractivity contribution < 1.29 is 19.1 Å². The van der Waals surface area contributed by atoms with Crippen LogP contribution in [-0.2, 0) is 4.84 Å². The van der Waals surface area contributed by atoms with E-state index >= 15 is 0 Å². The van der Waals surface area contributed by atoms with E-state index in [0.29, 0.717) is 24.8 Å². The molecule has 7 nitrogen and oxygen atoms in total. The number of ether oxygens (including phenoxy) is 2. The number of nitrogens with zero attached hydrogens (tertiary/aromatic N) is 3. The van der Waals surface area contributed by atoms with Gasteiger partial charge in [0, 0.05) is 30.8 Å². The average Bonchev–Trinajstić information content (AvgIpc) is 3.55. The molecule has 0 aliphatic carbocycles. The zero-order valence-electron chi connectivity index (χ0n) is 18.3. The van der Waals surface area contributed by atoms with Gasteiger partial charge in [-0.1, -0.05) is 35.5 Å². The smallest absolute Gasteiger partial charge is 0.415 e. The minimum Gasteiger partial charge on any atom is -0.497 e. The third-order valence-corrected chi connectivity index (χ3v) is 7.03. The number of oxime groups is 1.